The average molecular weight is 261 g/mol. The molecule has 0 aromatic heterocycles. The zero-order valence-electron chi connectivity index (χ0n) is 12.8. The van der Waals surface area contributed by atoms with Gasteiger partial charge in [-0.3, -0.25) is 0 Å². The Bertz CT molecular complexity index is 404. The first-order valence-corrected chi connectivity index (χ1v) is 6.92. The Hall–Kier alpha value is -1.12. The number of nitrogens with one attached hydrogen (secondary N) is 1. The Morgan fingerprint density at radius 1 is 1.21 bits per heavy atom. The molecular weight excluding hydrogens is 234 g/mol. The number of rotatable bonds is 7. The molecule has 1 N–H and O–H groups in total. The van der Waals surface area contributed by atoms with E-state index in [0.29, 0.717) is 6.61 Å². The molecule has 0 aliphatic rings. The number of benzene rings is 1. The highest BCUT2D eigenvalue weighted by Gasteiger charge is 2.10. The van der Waals surface area contributed by atoms with Crippen LogP contribution in [0.25, 0.3) is 0 Å². The lowest BCUT2D eigenvalue weighted by atomic mass is 10.1. The van der Waals surface area contributed by atoms with Crippen LogP contribution in [0.3, 0.4) is 0 Å². The molecule has 0 saturated carbocycles. The van der Waals surface area contributed by atoms with Crippen LogP contribution < -0.4 is 5.32 Å². The van der Waals surface area contributed by atoms with Crippen LogP contribution in [-0.2, 0) is 17.9 Å². The van der Waals surface area contributed by atoms with Crippen LogP contribution in [0.1, 0.15) is 45.2 Å². The number of ether oxygens (including phenoxy) is 1. The highest BCUT2D eigenvalue weighted by molar-refractivity contribution is 5.26. The lowest BCUT2D eigenvalue weighted by Gasteiger charge is -2.21. The van der Waals surface area contributed by atoms with Crippen molar-refractivity contribution in [2.75, 3.05) is 6.61 Å². The monoisotopic (exact) mass is 261 g/mol. The van der Waals surface area contributed by atoms with Gasteiger partial charge in [-0.25, -0.2) is 0 Å². The lowest BCUT2D eigenvalue weighted by Crippen LogP contribution is -2.35. The number of hydrogen-bond acceptors (Lipinski definition) is 2. The molecule has 0 bridgehead atoms. The molecule has 0 saturated heterocycles. The van der Waals surface area contributed by atoms with Crippen LogP contribution >= 0.6 is 0 Å². The molecule has 0 aliphatic carbocycles. The van der Waals surface area contributed by atoms with Gasteiger partial charge in [-0.15, -0.1) is 6.58 Å². The van der Waals surface area contributed by atoms with Gasteiger partial charge in [0, 0.05) is 12.1 Å². The molecule has 1 aromatic carbocycles. The zero-order valence-corrected chi connectivity index (χ0v) is 12.8. The van der Waals surface area contributed by atoms with Crippen molar-refractivity contribution >= 4 is 0 Å². The Labute approximate surface area is 117 Å². The maximum Gasteiger partial charge on any atom is 0.0720 e. The molecule has 0 aliphatic heterocycles. The fraction of sp³-hybridized carbons (Fsp3) is 0.529. The molecule has 0 fully saturated rings. The molecule has 1 rings (SSSR count). The maximum absolute atomic E-state index is 5.71. The van der Waals surface area contributed by atoms with Crippen LogP contribution in [0.4, 0.5) is 0 Å². The second-order valence-corrected chi connectivity index (χ2v) is 6.13. The van der Waals surface area contributed by atoms with Gasteiger partial charge in [-0.05, 0) is 45.2 Å². The highest BCUT2D eigenvalue weighted by Crippen LogP contribution is 2.12. The van der Waals surface area contributed by atoms with Gasteiger partial charge in [-0.1, -0.05) is 29.8 Å². The number of hydrogen-bond donors (Lipinski definition) is 1. The smallest absolute Gasteiger partial charge is 0.0720 e. The summed E-state index contributed by atoms with van der Waals surface area (Å²) in [6.07, 6.45) is 0.933. The Morgan fingerprint density at radius 2 is 1.84 bits per heavy atom. The van der Waals surface area contributed by atoms with Crippen molar-refractivity contribution in [3.8, 4) is 0 Å². The fourth-order valence-electron chi connectivity index (χ4n) is 1.66. The van der Waals surface area contributed by atoms with Gasteiger partial charge in [0.15, 0.2) is 0 Å². The van der Waals surface area contributed by atoms with Crippen LogP contribution in [0.15, 0.2) is 36.4 Å². The van der Waals surface area contributed by atoms with Crippen molar-refractivity contribution < 1.29 is 4.74 Å². The van der Waals surface area contributed by atoms with Crippen molar-refractivity contribution in [3.05, 3.63) is 47.5 Å². The van der Waals surface area contributed by atoms with E-state index in [1.54, 1.807) is 0 Å². The second-order valence-electron chi connectivity index (χ2n) is 6.13. The molecule has 19 heavy (non-hydrogen) atoms. The van der Waals surface area contributed by atoms with E-state index in [1.165, 1.54) is 16.7 Å². The molecular formula is C17H27NO. The van der Waals surface area contributed by atoms with Crippen LogP contribution in [0.2, 0.25) is 0 Å². The third kappa shape index (κ3) is 7.14. The van der Waals surface area contributed by atoms with Crippen molar-refractivity contribution in [1.29, 1.82) is 0 Å². The first-order chi connectivity index (χ1) is 8.88. The van der Waals surface area contributed by atoms with Gasteiger partial charge >= 0.3 is 0 Å². The van der Waals surface area contributed by atoms with E-state index < -0.39 is 0 Å². The highest BCUT2D eigenvalue weighted by atomic mass is 16.5. The van der Waals surface area contributed by atoms with E-state index >= 15 is 0 Å². The zero-order chi connectivity index (χ0) is 14.3. The van der Waals surface area contributed by atoms with Crippen LogP contribution in [0, 0.1) is 0 Å². The van der Waals surface area contributed by atoms with Crippen LogP contribution in [-0.4, -0.2) is 12.1 Å². The van der Waals surface area contributed by atoms with Gasteiger partial charge in [-0.2, -0.15) is 0 Å². The minimum Gasteiger partial charge on any atom is -0.376 e. The first-order valence-electron chi connectivity index (χ1n) is 6.92. The van der Waals surface area contributed by atoms with Gasteiger partial charge in [0.25, 0.3) is 0 Å². The largest absolute Gasteiger partial charge is 0.376 e. The minimum atomic E-state index is 0.133. The van der Waals surface area contributed by atoms with Gasteiger partial charge in [0.05, 0.1) is 13.2 Å². The summed E-state index contributed by atoms with van der Waals surface area (Å²) in [4.78, 5) is 0. The third-order valence-electron chi connectivity index (χ3n) is 2.86. The van der Waals surface area contributed by atoms with E-state index in [0.717, 1.165) is 19.6 Å². The average Bonchev–Trinajstić information content (AvgIpc) is 2.32. The topological polar surface area (TPSA) is 21.3 Å². The van der Waals surface area contributed by atoms with Gasteiger partial charge in [0.1, 0.15) is 0 Å². The molecule has 2 heteroatoms. The molecule has 0 heterocycles. The van der Waals surface area contributed by atoms with Crippen molar-refractivity contribution in [3.63, 3.8) is 0 Å². The Morgan fingerprint density at radius 3 is 2.42 bits per heavy atom. The molecule has 0 spiro atoms. The van der Waals surface area contributed by atoms with E-state index in [-0.39, 0.29) is 5.54 Å². The summed E-state index contributed by atoms with van der Waals surface area (Å²) in [6.45, 7) is 14.8. The molecule has 1 aromatic rings. The van der Waals surface area contributed by atoms with Gasteiger partial charge in [0.2, 0.25) is 0 Å². The molecule has 0 atom stereocenters. The first kappa shape index (κ1) is 15.9. The van der Waals surface area contributed by atoms with E-state index in [2.05, 4.69) is 56.9 Å². The molecule has 0 amide bonds. The summed E-state index contributed by atoms with van der Waals surface area (Å²) >= 11 is 0. The predicted molar refractivity (Wildman–Crippen MR) is 82.1 cm³/mol. The summed E-state index contributed by atoms with van der Waals surface area (Å²) in [5.41, 5.74) is 3.88. The Balaban J connectivity index is 2.50. The molecule has 106 valence electrons. The van der Waals surface area contributed by atoms with Crippen molar-refractivity contribution in [1.82, 2.24) is 5.32 Å². The van der Waals surface area contributed by atoms with E-state index in [9.17, 15) is 0 Å². The maximum atomic E-state index is 5.71. The molecule has 0 radical (unpaired) electrons. The minimum absolute atomic E-state index is 0.133. The second kappa shape index (κ2) is 7.46. The van der Waals surface area contributed by atoms with E-state index in [1.807, 2.05) is 6.92 Å². The summed E-state index contributed by atoms with van der Waals surface area (Å²) in [7, 11) is 0. The standard InChI is InChI=1S/C17H27NO/c1-14(2)10-11-19-13-16-9-7-6-8-15(16)12-18-17(3,4)5/h6-9,18H,1,10-13H2,2-5H3. The summed E-state index contributed by atoms with van der Waals surface area (Å²) < 4.78 is 5.71. The van der Waals surface area contributed by atoms with E-state index in [4.69, 9.17) is 4.74 Å². The lowest BCUT2D eigenvalue weighted by molar-refractivity contribution is 0.123. The third-order valence-corrected chi connectivity index (χ3v) is 2.86. The fourth-order valence-corrected chi connectivity index (χ4v) is 1.66. The summed E-state index contributed by atoms with van der Waals surface area (Å²) in [5.74, 6) is 0. The quantitative estimate of drug-likeness (QED) is 0.590. The predicted octanol–water partition coefficient (Wildman–Crippen LogP) is 4.06. The summed E-state index contributed by atoms with van der Waals surface area (Å²) in [5, 5.41) is 3.52. The molecule has 0 unspecified atom stereocenters. The molecule has 2 nitrogen and oxygen atoms in total. The summed E-state index contributed by atoms with van der Waals surface area (Å²) in [6, 6.07) is 8.45. The van der Waals surface area contributed by atoms with Crippen LogP contribution in [0.5, 0.6) is 0 Å². The Kier molecular flexibility index (Phi) is 6.26. The van der Waals surface area contributed by atoms with Gasteiger partial charge < -0.3 is 10.1 Å². The normalized spacial score (nSPS) is 11.6. The van der Waals surface area contributed by atoms with Crippen molar-refractivity contribution in [2.45, 2.75) is 52.8 Å². The SMILES string of the molecule is C=C(C)CCOCc1ccccc1CNC(C)(C)C. The van der Waals surface area contributed by atoms with Crippen molar-refractivity contribution in [2.24, 2.45) is 0 Å².